The maximum atomic E-state index is 8.58. The molecule has 2 rings (SSSR count). The van der Waals surface area contributed by atoms with Gasteiger partial charge in [0, 0.05) is 16.8 Å². The Morgan fingerprint density at radius 3 is 2.60 bits per heavy atom. The molecule has 0 saturated heterocycles. The average Bonchev–Trinajstić information content (AvgIpc) is 2.21. The van der Waals surface area contributed by atoms with Gasteiger partial charge in [0.2, 0.25) is 6.41 Å². The number of hydrogen-bond acceptors (Lipinski definition) is 4. The number of aromatic nitrogens is 3. The summed E-state index contributed by atoms with van der Waals surface area (Å²) in [5.74, 6) is 0. The van der Waals surface area contributed by atoms with Crippen LogP contribution < -0.4 is 5.73 Å². The number of carbonyl (C=O) groups excluding carboxylic acids is 1. The van der Waals surface area contributed by atoms with Gasteiger partial charge in [-0.05, 0) is 19.9 Å². The molecule has 2 aromatic rings. The summed E-state index contributed by atoms with van der Waals surface area (Å²) in [5, 5.41) is 1.09. The molecule has 1 amide bonds. The van der Waals surface area contributed by atoms with Crippen molar-refractivity contribution in [2.75, 3.05) is 0 Å². The van der Waals surface area contributed by atoms with Crippen LogP contribution in [0.25, 0.3) is 10.9 Å². The monoisotopic (exact) mass is 204 g/mol. The van der Waals surface area contributed by atoms with E-state index in [1.807, 2.05) is 19.9 Å². The van der Waals surface area contributed by atoms with Gasteiger partial charge in [-0.1, -0.05) is 0 Å². The van der Waals surface area contributed by atoms with E-state index in [0.717, 1.165) is 22.3 Å². The lowest BCUT2D eigenvalue weighted by molar-refractivity contribution is -0.106. The van der Waals surface area contributed by atoms with Gasteiger partial charge in [0.1, 0.15) is 6.33 Å². The Bertz CT molecular complexity index is 470. The second-order valence-corrected chi connectivity index (χ2v) is 2.94. The molecule has 0 aliphatic heterocycles. The first kappa shape index (κ1) is 11.0. The molecule has 2 N–H and O–H groups in total. The molecular weight excluding hydrogens is 192 g/mol. The Morgan fingerprint density at radius 2 is 1.93 bits per heavy atom. The van der Waals surface area contributed by atoms with Gasteiger partial charge in [-0.3, -0.25) is 9.78 Å². The summed E-state index contributed by atoms with van der Waals surface area (Å²) in [6.07, 6.45) is 3.59. The fourth-order valence-corrected chi connectivity index (χ4v) is 1.19. The molecule has 0 aromatic carbocycles. The molecule has 0 saturated carbocycles. The second-order valence-electron chi connectivity index (χ2n) is 2.94. The molecule has 0 fully saturated rings. The lowest BCUT2D eigenvalue weighted by Crippen LogP contribution is -1.89. The molecule has 5 heteroatoms. The highest BCUT2D eigenvalue weighted by atomic mass is 16.1. The van der Waals surface area contributed by atoms with Crippen LogP contribution in [0.4, 0.5) is 0 Å². The van der Waals surface area contributed by atoms with Gasteiger partial charge < -0.3 is 5.73 Å². The number of rotatable bonds is 0. The van der Waals surface area contributed by atoms with Crippen molar-refractivity contribution in [3.8, 4) is 0 Å². The number of primary amides is 1. The molecule has 5 nitrogen and oxygen atoms in total. The Balaban J connectivity index is 0.000000337. The minimum absolute atomic E-state index is 0.250. The molecule has 2 aromatic heterocycles. The van der Waals surface area contributed by atoms with Crippen LogP contribution in [0.5, 0.6) is 0 Å². The Hall–Kier alpha value is -2.04. The number of carbonyl (C=O) groups is 1. The minimum Gasteiger partial charge on any atom is -0.372 e. The van der Waals surface area contributed by atoms with E-state index < -0.39 is 0 Å². The number of nitrogens with two attached hydrogens (primary N) is 1. The fraction of sp³-hybridized carbons (Fsp3) is 0.200. The van der Waals surface area contributed by atoms with Crippen molar-refractivity contribution in [3.63, 3.8) is 0 Å². The topological polar surface area (TPSA) is 81.8 Å². The van der Waals surface area contributed by atoms with E-state index in [4.69, 9.17) is 4.79 Å². The van der Waals surface area contributed by atoms with E-state index in [2.05, 4.69) is 20.7 Å². The van der Waals surface area contributed by atoms with Crippen molar-refractivity contribution in [3.05, 3.63) is 30.0 Å². The molecule has 2 heterocycles. The molecular formula is C10H12N4O. The zero-order valence-corrected chi connectivity index (χ0v) is 8.64. The average molecular weight is 204 g/mol. The molecule has 0 aliphatic carbocycles. The maximum Gasteiger partial charge on any atom is 0.204 e. The Morgan fingerprint density at radius 1 is 1.27 bits per heavy atom. The number of amides is 1. The maximum absolute atomic E-state index is 8.58. The van der Waals surface area contributed by atoms with Crippen LogP contribution in [0, 0.1) is 13.8 Å². The van der Waals surface area contributed by atoms with Crippen molar-refractivity contribution in [2.24, 2.45) is 5.73 Å². The Kier molecular flexibility index (Phi) is 3.68. The van der Waals surface area contributed by atoms with Crippen LogP contribution in [-0.4, -0.2) is 21.4 Å². The van der Waals surface area contributed by atoms with E-state index in [9.17, 15) is 0 Å². The van der Waals surface area contributed by atoms with Crippen LogP contribution in [0.15, 0.2) is 18.6 Å². The molecule has 0 aliphatic rings. The van der Waals surface area contributed by atoms with Crippen LogP contribution in [0.2, 0.25) is 0 Å². The standard InChI is InChI=1S/C9H9N3.CH3NO/c1-6-3-8-7(2)11-5-12-9(8)4-10-6;2-1-3/h3-5H,1-2H3;1H,(H2,2,3). The van der Waals surface area contributed by atoms with Gasteiger partial charge in [0.15, 0.2) is 0 Å². The van der Waals surface area contributed by atoms with Gasteiger partial charge in [0.05, 0.1) is 11.7 Å². The quantitative estimate of drug-likeness (QED) is 0.642. The first-order valence-corrected chi connectivity index (χ1v) is 4.38. The van der Waals surface area contributed by atoms with Crippen LogP contribution >= 0.6 is 0 Å². The summed E-state index contributed by atoms with van der Waals surface area (Å²) in [5.41, 5.74) is 7.08. The first-order chi connectivity index (χ1) is 7.19. The van der Waals surface area contributed by atoms with Crippen LogP contribution in [0.1, 0.15) is 11.4 Å². The van der Waals surface area contributed by atoms with E-state index in [1.165, 1.54) is 0 Å². The number of fused-ring (bicyclic) bond motifs is 1. The third kappa shape index (κ3) is 2.70. The first-order valence-electron chi connectivity index (χ1n) is 4.38. The lowest BCUT2D eigenvalue weighted by atomic mass is 10.2. The molecule has 0 spiro atoms. The summed E-state index contributed by atoms with van der Waals surface area (Å²) in [6, 6.07) is 2.00. The van der Waals surface area contributed by atoms with E-state index >= 15 is 0 Å². The van der Waals surface area contributed by atoms with Gasteiger partial charge >= 0.3 is 0 Å². The zero-order valence-electron chi connectivity index (χ0n) is 8.64. The van der Waals surface area contributed by atoms with E-state index in [0.29, 0.717) is 0 Å². The van der Waals surface area contributed by atoms with Crippen molar-refractivity contribution in [1.29, 1.82) is 0 Å². The molecule has 78 valence electrons. The zero-order chi connectivity index (χ0) is 11.3. The third-order valence-corrected chi connectivity index (χ3v) is 1.86. The fourth-order valence-electron chi connectivity index (χ4n) is 1.19. The third-order valence-electron chi connectivity index (χ3n) is 1.86. The molecule has 0 radical (unpaired) electrons. The summed E-state index contributed by atoms with van der Waals surface area (Å²) in [4.78, 5) is 21.0. The lowest BCUT2D eigenvalue weighted by Gasteiger charge is -1.99. The minimum atomic E-state index is 0.250. The van der Waals surface area contributed by atoms with Crippen molar-refractivity contribution in [1.82, 2.24) is 15.0 Å². The molecule has 0 atom stereocenters. The van der Waals surface area contributed by atoms with Crippen molar-refractivity contribution in [2.45, 2.75) is 13.8 Å². The van der Waals surface area contributed by atoms with E-state index in [1.54, 1.807) is 12.5 Å². The molecule has 0 unspecified atom stereocenters. The summed E-state index contributed by atoms with van der Waals surface area (Å²) < 4.78 is 0. The molecule has 15 heavy (non-hydrogen) atoms. The van der Waals surface area contributed by atoms with E-state index in [-0.39, 0.29) is 6.41 Å². The second kappa shape index (κ2) is 4.99. The highest BCUT2D eigenvalue weighted by Crippen LogP contribution is 2.12. The smallest absolute Gasteiger partial charge is 0.204 e. The van der Waals surface area contributed by atoms with Gasteiger partial charge in [0.25, 0.3) is 0 Å². The summed E-state index contributed by atoms with van der Waals surface area (Å²) >= 11 is 0. The van der Waals surface area contributed by atoms with Crippen LogP contribution in [0.3, 0.4) is 0 Å². The van der Waals surface area contributed by atoms with Crippen molar-refractivity contribution < 1.29 is 4.79 Å². The molecule has 0 bridgehead atoms. The van der Waals surface area contributed by atoms with Gasteiger partial charge in [-0.25, -0.2) is 9.97 Å². The number of pyridine rings is 1. The summed E-state index contributed by atoms with van der Waals surface area (Å²) in [6.45, 7) is 3.94. The van der Waals surface area contributed by atoms with Crippen molar-refractivity contribution >= 4 is 17.3 Å². The SMILES string of the molecule is Cc1cc2c(C)ncnc2cn1.NC=O. The number of hydrogen-bond donors (Lipinski definition) is 1. The van der Waals surface area contributed by atoms with Crippen LogP contribution in [-0.2, 0) is 4.79 Å². The summed E-state index contributed by atoms with van der Waals surface area (Å²) in [7, 11) is 0. The Labute approximate surface area is 87.4 Å². The predicted molar refractivity (Wildman–Crippen MR) is 57.1 cm³/mol. The number of aryl methyl sites for hydroxylation is 2. The predicted octanol–water partition coefficient (Wildman–Crippen LogP) is 0.743. The number of nitrogens with zero attached hydrogens (tertiary/aromatic N) is 3. The highest BCUT2D eigenvalue weighted by molar-refractivity contribution is 5.79. The normalized spacial score (nSPS) is 9.20. The highest BCUT2D eigenvalue weighted by Gasteiger charge is 1.98. The van der Waals surface area contributed by atoms with Gasteiger partial charge in [-0.2, -0.15) is 0 Å². The largest absolute Gasteiger partial charge is 0.372 e. The van der Waals surface area contributed by atoms with Gasteiger partial charge in [-0.15, -0.1) is 0 Å².